The molecule has 0 saturated heterocycles. The number of carbonyl (C=O) groups excluding carboxylic acids is 1. The van der Waals surface area contributed by atoms with Crippen LogP contribution in [-0.4, -0.2) is 28.8 Å². The number of hydrogen-bond acceptors (Lipinski definition) is 4. The maximum atomic E-state index is 11.8. The molecule has 10 heteroatoms. The number of amides is 2. The van der Waals surface area contributed by atoms with Gasteiger partial charge >= 0.3 is 12.2 Å². The SMILES string of the molecule is O=C(NCC(F)(F)F)Nc1cc([N+](=O)[O-])ccc1O. The van der Waals surface area contributed by atoms with Gasteiger partial charge in [-0.3, -0.25) is 10.1 Å². The van der Waals surface area contributed by atoms with Gasteiger partial charge in [0.15, 0.2) is 0 Å². The zero-order valence-electron chi connectivity index (χ0n) is 9.19. The Bertz CT molecular complexity index is 504. The summed E-state index contributed by atoms with van der Waals surface area (Å²) >= 11 is 0. The normalized spacial score (nSPS) is 10.9. The van der Waals surface area contributed by atoms with Gasteiger partial charge < -0.3 is 15.7 Å². The smallest absolute Gasteiger partial charge is 0.405 e. The van der Waals surface area contributed by atoms with Crippen molar-refractivity contribution in [2.75, 3.05) is 11.9 Å². The fraction of sp³-hybridized carbons (Fsp3) is 0.222. The second-order valence-electron chi connectivity index (χ2n) is 3.38. The molecule has 7 nitrogen and oxygen atoms in total. The highest BCUT2D eigenvalue weighted by molar-refractivity contribution is 5.91. The van der Waals surface area contributed by atoms with Gasteiger partial charge in [0.1, 0.15) is 12.3 Å². The summed E-state index contributed by atoms with van der Waals surface area (Å²) in [6.45, 7) is -1.56. The van der Waals surface area contributed by atoms with Gasteiger partial charge in [-0.25, -0.2) is 4.79 Å². The zero-order valence-corrected chi connectivity index (χ0v) is 9.19. The predicted molar refractivity (Wildman–Crippen MR) is 57.8 cm³/mol. The van der Waals surface area contributed by atoms with Crippen molar-refractivity contribution < 1.29 is 28.0 Å². The van der Waals surface area contributed by atoms with Crippen LogP contribution in [0.15, 0.2) is 18.2 Å². The van der Waals surface area contributed by atoms with Crippen LogP contribution in [0.25, 0.3) is 0 Å². The highest BCUT2D eigenvalue weighted by Crippen LogP contribution is 2.27. The Balaban J connectivity index is 2.73. The number of carbonyl (C=O) groups is 1. The monoisotopic (exact) mass is 279 g/mol. The number of benzene rings is 1. The molecule has 1 aromatic rings. The number of phenolic OH excluding ortho intramolecular Hbond substituents is 1. The second kappa shape index (κ2) is 5.42. The maximum Gasteiger partial charge on any atom is 0.405 e. The number of nitro benzene ring substituents is 1. The van der Waals surface area contributed by atoms with E-state index in [-0.39, 0.29) is 5.69 Å². The number of alkyl halides is 3. The Hall–Kier alpha value is -2.52. The van der Waals surface area contributed by atoms with Crippen LogP contribution < -0.4 is 10.6 Å². The molecule has 0 unspecified atom stereocenters. The summed E-state index contributed by atoms with van der Waals surface area (Å²) in [5.41, 5.74) is -0.794. The van der Waals surface area contributed by atoms with Crippen molar-refractivity contribution in [1.29, 1.82) is 0 Å². The molecule has 0 aromatic heterocycles. The average molecular weight is 279 g/mol. The van der Waals surface area contributed by atoms with Crippen molar-refractivity contribution in [3.63, 3.8) is 0 Å². The number of phenols is 1. The Morgan fingerprint density at radius 3 is 2.58 bits per heavy atom. The molecule has 1 rings (SSSR count). The Labute approximate surface area is 104 Å². The third-order valence-electron chi connectivity index (χ3n) is 1.89. The molecule has 0 radical (unpaired) electrons. The number of aromatic hydroxyl groups is 1. The van der Waals surface area contributed by atoms with Crippen molar-refractivity contribution >= 4 is 17.4 Å². The van der Waals surface area contributed by atoms with Crippen molar-refractivity contribution in [2.45, 2.75) is 6.18 Å². The summed E-state index contributed by atoms with van der Waals surface area (Å²) in [7, 11) is 0. The van der Waals surface area contributed by atoms with Crippen molar-refractivity contribution in [3.05, 3.63) is 28.3 Å². The molecule has 0 saturated carbocycles. The van der Waals surface area contributed by atoms with Crippen LogP contribution in [0.2, 0.25) is 0 Å². The van der Waals surface area contributed by atoms with E-state index in [1.165, 1.54) is 5.32 Å². The van der Waals surface area contributed by atoms with E-state index in [0.29, 0.717) is 0 Å². The van der Waals surface area contributed by atoms with Crippen molar-refractivity contribution in [3.8, 4) is 5.75 Å². The first-order chi connectivity index (χ1) is 8.69. The number of non-ortho nitro benzene ring substituents is 1. The highest BCUT2D eigenvalue weighted by Gasteiger charge is 2.27. The second-order valence-corrected chi connectivity index (χ2v) is 3.38. The van der Waals surface area contributed by atoms with Crippen molar-refractivity contribution in [1.82, 2.24) is 5.32 Å². The zero-order chi connectivity index (χ0) is 14.6. The van der Waals surface area contributed by atoms with Crippen LogP contribution in [0.1, 0.15) is 0 Å². The number of urea groups is 1. The molecule has 0 aliphatic heterocycles. The quantitative estimate of drug-likeness (QED) is 0.447. The standard InChI is InChI=1S/C9H8F3N3O4/c10-9(11,12)4-13-8(17)14-6-3-5(15(18)19)1-2-7(6)16/h1-3,16H,4H2,(H2,13,14,17). The summed E-state index contributed by atoms with van der Waals surface area (Å²) in [5.74, 6) is -0.507. The third kappa shape index (κ3) is 4.69. The summed E-state index contributed by atoms with van der Waals surface area (Å²) in [4.78, 5) is 20.8. The lowest BCUT2D eigenvalue weighted by Crippen LogP contribution is -2.36. The largest absolute Gasteiger partial charge is 0.506 e. The first-order valence-electron chi connectivity index (χ1n) is 4.78. The van der Waals surface area contributed by atoms with E-state index in [2.05, 4.69) is 0 Å². The Morgan fingerprint density at radius 2 is 2.05 bits per heavy atom. The summed E-state index contributed by atoms with van der Waals surface area (Å²) in [6, 6.07) is 1.50. The molecule has 19 heavy (non-hydrogen) atoms. The van der Waals surface area contributed by atoms with E-state index in [4.69, 9.17) is 0 Å². The van der Waals surface area contributed by atoms with Crippen LogP contribution in [0.4, 0.5) is 29.3 Å². The minimum atomic E-state index is -4.58. The summed E-state index contributed by atoms with van der Waals surface area (Å²) < 4.78 is 35.5. The van der Waals surface area contributed by atoms with E-state index >= 15 is 0 Å². The van der Waals surface area contributed by atoms with E-state index in [0.717, 1.165) is 18.2 Å². The van der Waals surface area contributed by atoms with Gasteiger partial charge in [0.25, 0.3) is 5.69 Å². The molecule has 0 bridgehead atoms. The topological polar surface area (TPSA) is 104 Å². The number of rotatable bonds is 3. The van der Waals surface area contributed by atoms with E-state index in [1.807, 2.05) is 5.32 Å². The molecule has 3 N–H and O–H groups in total. The maximum absolute atomic E-state index is 11.8. The lowest BCUT2D eigenvalue weighted by molar-refractivity contribution is -0.384. The van der Waals surface area contributed by atoms with E-state index in [1.54, 1.807) is 0 Å². The van der Waals surface area contributed by atoms with Gasteiger partial charge in [-0.15, -0.1) is 0 Å². The number of anilines is 1. The molecule has 0 aliphatic carbocycles. The lowest BCUT2D eigenvalue weighted by Gasteiger charge is -2.10. The predicted octanol–water partition coefficient (Wildman–Crippen LogP) is 1.98. The first-order valence-corrected chi connectivity index (χ1v) is 4.78. The van der Waals surface area contributed by atoms with Gasteiger partial charge in [-0.1, -0.05) is 0 Å². The first kappa shape index (κ1) is 14.5. The molecule has 0 aliphatic rings. The molecule has 1 aromatic carbocycles. The number of hydrogen-bond donors (Lipinski definition) is 3. The number of nitrogens with one attached hydrogen (secondary N) is 2. The van der Waals surface area contributed by atoms with E-state index in [9.17, 15) is 33.2 Å². The molecule has 104 valence electrons. The van der Waals surface area contributed by atoms with Crippen LogP contribution >= 0.6 is 0 Å². The van der Waals surface area contributed by atoms with Crippen LogP contribution in [-0.2, 0) is 0 Å². The summed E-state index contributed by atoms with van der Waals surface area (Å²) in [5, 5.41) is 23.1. The minimum absolute atomic E-state index is 0.367. The van der Waals surface area contributed by atoms with Gasteiger partial charge in [-0.05, 0) is 6.07 Å². The molecule has 0 spiro atoms. The molecular formula is C9H8F3N3O4. The third-order valence-corrected chi connectivity index (χ3v) is 1.89. The summed E-state index contributed by atoms with van der Waals surface area (Å²) in [6.07, 6.45) is -4.58. The Kier molecular flexibility index (Phi) is 4.14. The van der Waals surface area contributed by atoms with Gasteiger partial charge in [-0.2, -0.15) is 13.2 Å². The fourth-order valence-electron chi connectivity index (χ4n) is 1.08. The van der Waals surface area contributed by atoms with Crippen LogP contribution in [0.3, 0.4) is 0 Å². The number of nitro groups is 1. The van der Waals surface area contributed by atoms with Gasteiger partial charge in [0.05, 0.1) is 10.6 Å². The van der Waals surface area contributed by atoms with Gasteiger partial charge in [0, 0.05) is 12.1 Å². The van der Waals surface area contributed by atoms with E-state index < -0.39 is 35.1 Å². The molecule has 0 fully saturated rings. The minimum Gasteiger partial charge on any atom is -0.506 e. The van der Waals surface area contributed by atoms with Crippen LogP contribution in [0.5, 0.6) is 5.75 Å². The number of halogens is 3. The highest BCUT2D eigenvalue weighted by atomic mass is 19.4. The van der Waals surface area contributed by atoms with Crippen molar-refractivity contribution in [2.24, 2.45) is 0 Å². The lowest BCUT2D eigenvalue weighted by atomic mass is 10.2. The molecular weight excluding hydrogens is 271 g/mol. The molecule has 0 atom stereocenters. The van der Waals surface area contributed by atoms with Gasteiger partial charge in [0.2, 0.25) is 0 Å². The molecule has 0 heterocycles. The average Bonchev–Trinajstić information content (AvgIpc) is 2.28. The molecule has 2 amide bonds. The Morgan fingerprint density at radius 1 is 1.42 bits per heavy atom. The van der Waals surface area contributed by atoms with Crippen LogP contribution in [0, 0.1) is 10.1 Å². The fourth-order valence-corrected chi connectivity index (χ4v) is 1.08. The number of nitrogens with zero attached hydrogens (tertiary/aromatic N) is 1.